The fraction of sp³-hybridized carbons (Fsp3) is 0.625. The molecule has 1 aliphatic heterocycles. The highest BCUT2D eigenvalue weighted by Crippen LogP contribution is 1.95. The van der Waals surface area contributed by atoms with Gasteiger partial charge in [-0.1, -0.05) is 5.92 Å². The van der Waals surface area contributed by atoms with Gasteiger partial charge in [0.15, 0.2) is 0 Å². The number of piperazine rings is 1. The number of hydrogen-bond acceptors (Lipinski definition) is 2. The van der Waals surface area contributed by atoms with Crippen molar-refractivity contribution in [1.82, 2.24) is 10.2 Å². The molecule has 0 atom stereocenters. The normalized spacial score (nSPS) is 17.5. The Bertz CT molecular complexity index is 177. The molecule has 1 aliphatic rings. The van der Waals surface area contributed by atoms with Crippen LogP contribution in [0.25, 0.3) is 0 Å². The molecule has 1 heterocycles. The molecule has 0 unspecified atom stereocenters. The summed E-state index contributed by atoms with van der Waals surface area (Å²) in [5, 5.41) is 3.17. The van der Waals surface area contributed by atoms with Crippen LogP contribution in [0.2, 0.25) is 0 Å². The Hall–Kier alpha value is -1.01. The van der Waals surface area contributed by atoms with Crippen LogP contribution in [0.4, 0.5) is 0 Å². The number of terminal acetylenes is 1. The number of hydrogen-bond donors (Lipinski definition) is 1. The van der Waals surface area contributed by atoms with Gasteiger partial charge in [-0.3, -0.25) is 4.79 Å². The lowest BCUT2D eigenvalue weighted by atomic mass is 10.3. The van der Waals surface area contributed by atoms with Gasteiger partial charge in [-0.2, -0.15) is 0 Å². The zero-order valence-corrected chi connectivity index (χ0v) is 6.47. The third kappa shape index (κ3) is 2.24. The summed E-state index contributed by atoms with van der Waals surface area (Å²) < 4.78 is 0. The monoisotopic (exact) mass is 152 g/mol. The molecule has 0 radical (unpaired) electrons. The number of carbonyl (C=O) groups excluding carboxylic acids is 1. The van der Waals surface area contributed by atoms with Crippen molar-refractivity contribution >= 4 is 5.91 Å². The maximum Gasteiger partial charge on any atom is 0.234 e. The maximum absolute atomic E-state index is 11.2. The Morgan fingerprint density at radius 1 is 1.55 bits per heavy atom. The van der Waals surface area contributed by atoms with Crippen LogP contribution in [0, 0.1) is 12.3 Å². The summed E-state index contributed by atoms with van der Waals surface area (Å²) in [6.07, 6.45) is 5.26. The summed E-state index contributed by atoms with van der Waals surface area (Å²) >= 11 is 0. The van der Waals surface area contributed by atoms with E-state index in [-0.39, 0.29) is 12.3 Å². The van der Waals surface area contributed by atoms with Gasteiger partial charge in [0.05, 0.1) is 6.42 Å². The molecule has 1 fully saturated rings. The molecule has 0 aromatic heterocycles. The predicted octanol–water partition coefficient (Wildman–Crippen LogP) is -0.558. The minimum absolute atomic E-state index is 0.0778. The second kappa shape index (κ2) is 3.99. The summed E-state index contributed by atoms with van der Waals surface area (Å²) in [5.41, 5.74) is 0. The largest absolute Gasteiger partial charge is 0.339 e. The lowest BCUT2D eigenvalue weighted by Gasteiger charge is -2.26. The lowest BCUT2D eigenvalue weighted by Crippen LogP contribution is -2.46. The molecule has 1 rings (SSSR count). The average Bonchev–Trinajstić information content (AvgIpc) is 2.07. The topological polar surface area (TPSA) is 32.3 Å². The standard InChI is InChI=1S/C8H12N2O/c1-2-3-8(11)10-6-4-9-5-7-10/h1,9H,3-7H2. The Morgan fingerprint density at radius 3 is 2.73 bits per heavy atom. The summed E-state index contributed by atoms with van der Waals surface area (Å²) in [5.74, 6) is 2.43. The zero-order valence-electron chi connectivity index (χ0n) is 6.47. The van der Waals surface area contributed by atoms with E-state index in [1.54, 1.807) is 4.90 Å². The molecular weight excluding hydrogens is 140 g/mol. The van der Waals surface area contributed by atoms with Gasteiger partial charge >= 0.3 is 0 Å². The predicted molar refractivity (Wildman–Crippen MR) is 42.9 cm³/mol. The van der Waals surface area contributed by atoms with E-state index in [4.69, 9.17) is 6.42 Å². The van der Waals surface area contributed by atoms with Crippen LogP contribution in [0.15, 0.2) is 0 Å². The third-order valence-electron chi connectivity index (χ3n) is 1.72. The number of amides is 1. The van der Waals surface area contributed by atoms with E-state index in [2.05, 4.69) is 11.2 Å². The van der Waals surface area contributed by atoms with E-state index in [1.165, 1.54) is 0 Å². The molecule has 0 spiro atoms. The highest BCUT2D eigenvalue weighted by molar-refractivity contribution is 5.78. The SMILES string of the molecule is C#CCC(=O)N1CCNCC1. The van der Waals surface area contributed by atoms with Crippen molar-refractivity contribution in [3.8, 4) is 12.3 Å². The van der Waals surface area contributed by atoms with Crippen molar-refractivity contribution in [3.05, 3.63) is 0 Å². The number of carbonyl (C=O) groups is 1. The molecule has 0 aromatic carbocycles. The van der Waals surface area contributed by atoms with Crippen molar-refractivity contribution in [2.24, 2.45) is 0 Å². The molecule has 60 valence electrons. The first-order valence-electron chi connectivity index (χ1n) is 3.76. The summed E-state index contributed by atoms with van der Waals surface area (Å²) in [6.45, 7) is 3.35. The second-order valence-electron chi connectivity index (χ2n) is 2.51. The van der Waals surface area contributed by atoms with Gasteiger partial charge in [0.2, 0.25) is 5.91 Å². The molecule has 0 aliphatic carbocycles. The van der Waals surface area contributed by atoms with Crippen LogP contribution in [-0.2, 0) is 4.79 Å². The van der Waals surface area contributed by atoms with Crippen LogP contribution >= 0.6 is 0 Å². The van der Waals surface area contributed by atoms with Crippen LogP contribution < -0.4 is 5.32 Å². The molecule has 0 saturated carbocycles. The van der Waals surface area contributed by atoms with Crippen LogP contribution in [-0.4, -0.2) is 37.0 Å². The van der Waals surface area contributed by atoms with Gasteiger partial charge in [0, 0.05) is 26.2 Å². The first kappa shape index (κ1) is 8.09. The van der Waals surface area contributed by atoms with Gasteiger partial charge in [0.1, 0.15) is 0 Å². The molecule has 1 N–H and O–H groups in total. The van der Waals surface area contributed by atoms with Gasteiger partial charge in [0.25, 0.3) is 0 Å². The van der Waals surface area contributed by atoms with Crippen LogP contribution in [0.1, 0.15) is 6.42 Å². The Morgan fingerprint density at radius 2 is 2.18 bits per heavy atom. The van der Waals surface area contributed by atoms with Gasteiger partial charge in [-0.15, -0.1) is 6.42 Å². The Labute approximate surface area is 66.8 Å². The molecule has 3 heteroatoms. The first-order chi connectivity index (χ1) is 5.34. The minimum atomic E-state index is 0.0778. The van der Waals surface area contributed by atoms with Crippen molar-refractivity contribution in [2.45, 2.75) is 6.42 Å². The second-order valence-corrected chi connectivity index (χ2v) is 2.51. The van der Waals surface area contributed by atoms with Crippen molar-refractivity contribution in [2.75, 3.05) is 26.2 Å². The molecule has 11 heavy (non-hydrogen) atoms. The zero-order chi connectivity index (χ0) is 8.10. The molecule has 0 bridgehead atoms. The van der Waals surface area contributed by atoms with Crippen molar-refractivity contribution < 1.29 is 4.79 Å². The van der Waals surface area contributed by atoms with Crippen molar-refractivity contribution in [3.63, 3.8) is 0 Å². The summed E-state index contributed by atoms with van der Waals surface area (Å²) in [7, 11) is 0. The van der Waals surface area contributed by atoms with Gasteiger partial charge in [-0.05, 0) is 0 Å². The van der Waals surface area contributed by atoms with E-state index < -0.39 is 0 Å². The highest BCUT2D eigenvalue weighted by atomic mass is 16.2. The number of nitrogens with zero attached hydrogens (tertiary/aromatic N) is 1. The van der Waals surface area contributed by atoms with Gasteiger partial charge < -0.3 is 10.2 Å². The minimum Gasteiger partial charge on any atom is -0.339 e. The Kier molecular flexibility index (Phi) is 2.94. The maximum atomic E-state index is 11.2. The lowest BCUT2D eigenvalue weighted by molar-refractivity contribution is -0.130. The van der Waals surface area contributed by atoms with E-state index in [9.17, 15) is 4.79 Å². The molecular formula is C8H12N2O. The number of nitrogens with one attached hydrogen (secondary N) is 1. The van der Waals surface area contributed by atoms with E-state index in [0.717, 1.165) is 26.2 Å². The van der Waals surface area contributed by atoms with E-state index >= 15 is 0 Å². The fourth-order valence-corrected chi connectivity index (χ4v) is 1.11. The van der Waals surface area contributed by atoms with Crippen molar-refractivity contribution in [1.29, 1.82) is 0 Å². The summed E-state index contributed by atoms with van der Waals surface area (Å²) in [4.78, 5) is 13.0. The fourth-order valence-electron chi connectivity index (χ4n) is 1.11. The molecule has 1 saturated heterocycles. The average molecular weight is 152 g/mol. The molecule has 0 aromatic rings. The van der Waals surface area contributed by atoms with E-state index in [1.807, 2.05) is 0 Å². The first-order valence-corrected chi connectivity index (χ1v) is 3.76. The van der Waals surface area contributed by atoms with Gasteiger partial charge in [-0.25, -0.2) is 0 Å². The third-order valence-corrected chi connectivity index (χ3v) is 1.72. The summed E-state index contributed by atoms with van der Waals surface area (Å²) in [6, 6.07) is 0. The quantitative estimate of drug-likeness (QED) is 0.511. The molecule has 1 amide bonds. The van der Waals surface area contributed by atoms with E-state index in [0.29, 0.717) is 0 Å². The smallest absolute Gasteiger partial charge is 0.234 e. The molecule has 3 nitrogen and oxygen atoms in total. The Balaban J connectivity index is 2.34. The van der Waals surface area contributed by atoms with Crippen LogP contribution in [0.3, 0.4) is 0 Å². The van der Waals surface area contributed by atoms with Crippen LogP contribution in [0.5, 0.6) is 0 Å². The highest BCUT2D eigenvalue weighted by Gasteiger charge is 2.13. The number of rotatable bonds is 1.